The molecule has 0 radical (unpaired) electrons. The van der Waals surface area contributed by atoms with E-state index < -0.39 is 0 Å². The molecular weight excluding hydrogens is 384 g/mol. The van der Waals surface area contributed by atoms with Crippen molar-refractivity contribution in [1.82, 2.24) is 5.32 Å². The van der Waals surface area contributed by atoms with Gasteiger partial charge in [0.25, 0.3) is 0 Å². The molecule has 2 fully saturated rings. The van der Waals surface area contributed by atoms with Crippen LogP contribution < -0.4 is 11.1 Å². The predicted octanol–water partition coefficient (Wildman–Crippen LogP) is 3.82. The van der Waals surface area contributed by atoms with Gasteiger partial charge in [-0.25, -0.2) is 0 Å². The Balaban J connectivity index is 2.15. The molecule has 2 aliphatic rings. The maximum atomic E-state index is 12.8. The zero-order valence-electron chi connectivity index (χ0n) is 16.2. The number of ketones is 2. The van der Waals surface area contributed by atoms with Gasteiger partial charge in [0.15, 0.2) is 5.78 Å². The second-order valence-electron chi connectivity index (χ2n) is 7.98. The second-order valence-corrected chi connectivity index (χ2v) is 12.5. The minimum Gasteiger partial charge on any atom is -0.330 e. The molecule has 2 saturated heterocycles. The van der Waals surface area contributed by atoms with Gasteiger partial charge < -0.3 is 11.1 Å². The van der Waals surface area contributed by atoms with Crippen LogP contribution in [0.3, 0.4) is 0 Å². The lowest BCUT2D eigenvalue weighted by Gasteiger charge is -2.40. The SMILES string of the molecule is CC1(C)SSC2(CCSCC2)CC(=O)CCCCNC1C(=O)CCCN. The Hall–Kier alpha value is 0.310. The molecule has 2 heterocycles. The number of nitrogens with two attached hydrogens (primary N) is 1. The number of Topliss-reactive ketones (excluding diaryl/α,β-unsaturated/α-hetero) is 2. The van der Waals surface area contributed by atoms with Crippen molar-refractivity contribution >= 4 is 44.9 Å². The monoisotopic (exact) mass is 418 g/mol. The lowest BCUT2D eigenvalue weighted by molar-refractivity contribution is -0.122. The van der Waals surface area contributed by atoms with Crippen molar-refractivity contribution in [1.29, 1.82) is 0 Å². The lowest BCUT2D eigenvalue weighted by atomic mass is 9.93. The Morgan fingerprint density at radius 2 is 1.96 bits per heavy atom. The van der Waals surface area contributed by atoms with Gasteiger partial charge in [0, 0.05) is 28.8 Å². The van der Waals surface area contributed by atoms with Crippen molar-refractivity contribution in [3.05, 3.63) is 0 Å². The average molecular weight is 419 g/mol. The highest BCUT2D eigenvalue weighted by molar-refractivity contribution is 8.77. The summed E-state index contributed by atoms with van der Waals surface area (Å²) >= 11 is 1.99. The van der Waals surface area contributed by atoms with E-state index in [1.807, 2.05) is 33.3 Å². The van der Waals surface area contributed by atoms with E-state index in [1.54, 1.807) is 0 Å². The summed E-state index contributed by atoms with van der Waals surface area (Å²) in [5.74, 6) is 2.96. The predicted molar refractivity (Wildman–Crippen MR) is 117 cm³/mol. The molecule has 2 aliphatic heterocycles. The largest absolute Gasteiger partial charge is 0.330 e. The van der Waals surface area contributed by atoms with Gasteiger partial charge in [0.2, 0.25) is 0 Å². The average Bonchev–Trinajstić information content (AvgIpc) is 2.61. The van der Waals surface area contributed by atoms with E-state index in [2.05, 4.69) is 19.2 Å². The molecule has 0 aromatic heterocycles. The zero-order chi connectivity index (χ0) is 19.0. The highest BCUT2D eigenvalue weighted by Gasteiger charge is 2.41. The summed E-state index contributed by atoms with van der Waals surface area (Å²) in [5, 5.41) is 3.50. The maximum absolute atomic E-state index is 12.8. The van der Waals surface area contributed by atoms with Gasteiger partial charge in [-0.3, -0.25) is 9.59 Å². The van der Waals surface area contributed by atoms with E-state index in [4.69, 9.17) is 5.73 Å². The zero-order valence-corrected chi connectivity index (χ0v) is 18.6. The molecule has 0 aliphatic carbocycles. The number of rotatable bonds is 4. The molecule has 150 valence electrons. The van der Waals surface area contributed by atoms with Crippen LogP contribution in [0.1, 0.15) is 65.2 Å². The first kappa shape index (κ1) is 22.6. The van der Waals surface area contributed by atoms with Crippen molar-refractivity contribution in [2.75, 3.05) is 24.6 Å². The highest BCUT2D eigenvalue weighted by Crippen LogP contribution is 2.52. The van der Waals surface area contributed by atoms with E-state index in [0.29, 0.717) is 31.6 Å². The van der Waals surface area contributed by atoms with E-state index in [1.165, 1.54) is 0 Å². The fraction of sp³-hybridized carbons (Fsp3) is 0.895. The van der Waals surface area contributed by atoms with Crippen LogP contribution in [0.15, 0.2) is 0 Å². The van der Waals surface area contributed by atoms with Crippen LogP contribution in [-0.2, 0) is 9.59 Å². The van der Waals surface area contributed by atoms with Crippen molar-refractivity contribution in [3.8, 4) is 0 Å². The molecule has 3 N–H and O–H groups in total. The fourth-order valence-electron chi connectivity index (χ4n) is 3.59. The van der Waals surface area contributed by atoms with E-state index >= 15 is 0 Å². The third-order valence-corrected chi connectivity index (χ3v) is 10.5. The summed E-state index contributed by atoms with van der Waals surface area (Å²) in [5.41, 5.74) is 5.60. The number of thioether (sulfide) groups is 1. The van der Waals surface area contributed by atoms with Crippen molar-refractivity contribution in [2.45, 2.75) is 80.7 Å². The third-order valence-electron chi connectivity index (χ3n) is 5.23. The summed E-state index contributed by atoms with van der Waals surface area (Å²) in [6, 6.07) is -0.156. The van der Waals surface area contributed by atoms with Crippen LogP contribution in [0.4, 0.5) is 0 Å². The minimum absolute atomic E-state index is 0.0499. The van der Waals surface area contributed by atoms with Gasteiger partial charge >= 0.3 is 0 Å². The number of carbonyl (C=O) groups is 2. The molecular formula is C19H34N2O2S3. The Morgan fingerprint density at radius 1 is 1.23 bits per heavy atom. The van der Waals surface area contributed by atoms with E-state index in [0.717, 1.165) is 50.2 Å². The van der Waals surface area contributed by atoms with Gasteiger partial charge in [0.05, 0.1) is 6.04 Å². The van der Waals surface area contributed by atoms with Crippen molar-refractivity contribution in [2.24, 2.45) is 5.73 Å². The highest BCUT2D eigenvalue weighted by atomic mass is 33.1. The van der Waals surface area contributed by atoms with Crippen LogP contribution in [0.5, 0.6) is 0 Å². The minimum atomic E-state index is -0.212. The second kappa shape index (κ2) is 10.7. The fourth-order valence-corrected chi connectivity index (χ4v) is 8.55. The van der Waals surface area contributed by atoms with Gasteiger partial charge in [-0.15, -0.1) is 0 Å². The molecule has 0 aromatic carbocycles. The summed E-state index contributed by atoms with van der Waals surface area (Å²) in [4.78, 5) is 25.3. The number of carbonyl (C=O) groups excluding carboxylic acids is 2. The van der Waals surface area contributed by atoms with E-state index in [-0.39, 0.29) is 21.3 Å². The van der Waals surface area contributed by atoms with Crippen molar-refractivity contribution in [3.63, 3.8) is 0 Å². The number of hydrogen-bond acceptors (Lipinski definition) is 7. The van der Waals surface area contributed by atoms with Gasteiger partial charge in [-0.1, -0.05) is 21.6 Å². The summed E-state index contributed by atoms with van der Waals surface area (Å²) < 4.78 is -0.162. The Bertz CT molecular complexity index is 479. The number of nitrogens with one attached hydrogen (secondary N) is 1. The normalized spacial score (nSPS) is 27.5. The van der Waals surface area contributed by atoms with E-state index in [9.17, 15) is 9.59 Å². The first-order valence-electron chi connectivity index (χ1n) is 9.81. The summed E-state index contributed by atoms with van der Waals surface area (Å²) in [7, 11) is 3.69. The summed E-state index contributed by atoms with van der Waals surface area (Å²) in [6.07, 6.45) is 6.72. The molecule has 1 spiro atoms. The van der Waals surface area contributed by atoms with Crippen LogP contribution in [0.25, 0.3) is 0 Å². The molecule has 2 rings (SSSR count). The molecule has 1 atom stereocenters. The summed E-state index contributed by atoms with van der Waals surface area (Å²) in [6.45, 7) is 5.69. The molecule has 0 saturated carbocycles. The number of hydrogen-bond donors (Lipinski definition) is 2. The molecule has 7 heteroatoms. The molecule has 0 aromatic rings. The third kappa shape index (κ3) is 6.73. The molecule has 0 amide bonds. The first-order valence-corrected chi connectivity index (χ1v) is 13.1. The Morgan fingerprint density at radius 3 is 2.65 bits per heavy atom. The van der Waals surface area contributed by atoms with Gasteiger partial charge in [0.1, 0.15) is 5.78 Å². The Labute approximate surface area is 170 Å². The van der Waals surface area contributed by atoms with Crippen LogP contribution in [0, 0.1) is 0 Å². The smallest absolute Gasteiger partial charge is 0.151 e. The van der Waals surface area contributed by atoms with Crippen LogP contribution >= 0.6 is 33.3 Å². The maximum Gasteiger partial charge on any atom is 0.151 e. The molecule has 26 heavy (non-hydrogen) atoms. The first-order chi connectivity index (χ1) is 12.4. The molecule has 0 bridgehead atoms. The Kier molecular flexibility index (Phi) is 9.34. The lowest BCUT2D eigenvalue weighted by Crippen LogP contribution is -2.51. The van der Waals surface area contributed by atoms with Gasteiger partial charge in [-0.2, -0.15) is 11.8 Å². The molecule has 1 unspecified atom stereocenters. The van der Waals surface area contributed by atoms with Crippen LogP contribution in [-0.4, -0.2) is 51.7 Å². The molecule has 4 nitrogen and oxygen atoms in total. The van der Waals surface area contributed by atoms with Crippen LogP contribution in [0.2, 0.25) is 0 Å². The quantitative estimate of drug-likeness (QED) is 0.672. The standard InChI is InChI=1S/C19H34N2O2S3/c1-18(2)17(16(23)7-5-10-20)21-11-4-3-6-15(22)14-19(26-25-18)8-12-24-13-9-19/h17,21H,3-14,20H2,1-2H3. The topological polar surface area (TPSA) is 72.2 Å². The van der Waals surface area contributed by atoms with Crippen molar-refractivity contribution < 1.29 is 9.59 Å². The van der Waals surface area contributed by atoms with Gasteiger partial charge in [-0.05, 0) is 70.5 Å².